The second-order valence-corrected chi connectivity index (χ2v) is 8.29. The first kappa shape index (κ1) is 18.2. The van der Waals surface area contributed by atoms with Crippen LogP contribution in [0.5, 0.6) is 0 Å². The van der Waals surface area contributed by atoms with E-state index in [9.17, 15) is 13.2 Å². The Balaban J connectivity index is 2.29. The number of hydrogen-bond acceptors (Lipinski definition) is 3. The Labute approximate surface area is 143 Å². The van der Waals surface area contributed by atoms with Gasteiger partial charge in [0.1, 0.15) is 5.25 Å². The fourth-order valence-electron chi connectivity index (χ4n) is 2.50. The number of nitrogens with one attached hydrogen (secondary N) is 1. The minimum Gasteiger partial charge on any atom is -0.354 e. The van der Waals surface area contributed by atoms with Gasteiger partial charge in [-0.25, -0.2) is 8.42 Å². The molecular formula is C19H23NO3S. The Morgan fingerprint density at radius 2 is 1.50 bits per heavy atom. The topological polar surface area (TPSA) is 63.2 Å². The predicted octanol–water partition coefficient (Wildman–Crippen LogP) is 3.36. The molecule has 5 heteroatoms. The number of carbonyl (C=O) groups is 1. The molecule has 0 unspecified atom stereocenters. The summed E-state index contributed by atoms with van der Waals surface area (Å²) >= 11 is 0. The zero-order valence-corrected chi connectivity index (χ0v) is 14.8. The molecule has 1 N–H and O–H groups in total. The van der Waals surface area contributed by atoms with Gasteiger partial charge in [-0.15, -0.1) is 0 Å². The van der Waals surface area contributed by atoms with Crippen molar-refractivity contribution in [3.63, 3.8) is 0 Å². The average Bonchev–Trinajstić information content (AvgIpc) is 2.56. The first-order valence-electron chi connectivity index (χ1n) is 8.02. The summed E-state index contributed by atoms with van der Waals surface area (Å²) < 4.78 is 26.0. The summed E-state index contributed by atoms with van der Waals surface area (Å²) in [6.07, 6.45) is 0.382. The van der Waals surface area contributed by atoms with Crippen molar-refractivity contribution in [1.29, 1.82) is 0 Å². The fraction of sp³-hybridized carbons (Fsp3) is 0.316. The number of carbonyl (C=O) groups excluding carboxylic acids is 1. The standard InChI is InChI=1S/C19H23NO3S/c1-15(2)13-19(21)20-14-18(16-9-5-3-6-10-16)24(22,23)17-11-7-4-8-12-17/h3-12,15,18H,13-14H2,1-2H3,(H,20,21)/t18-/m0/s1. The summed E-state index contributed by atoms with van der Waals surface area (Å²) in [5.41, 5.74) is 0.672. The van der Waals surface area contributed by atoms with Gasteiger partial charge in [0.15, 0.2) is 9.84 Å². The Kier molecular flexibility index (Phi) is 6.15. The average molecular weight is 345 g/mol. The molecule has 0 bridgehead atoms. The van der Waals surface area contributed by atoms with Gasteiger partial charge in [-0.2, -0.15) is 0 Å². The predicted molar refractivity (Wildman–Crippen MR) is 95.3 cm³/mol. The highest BCUT2D eigenvalue weighted by Crippen LogP contribution is 2.28. The minimum absolute atomic E-state index is 0.0623. The van der Waals surface area contributed by atoms with E-state index in [0.717, 1.165) is 0 Å². The second kappa shape index (κ2) is 8.11. The quantitative estimate of drug-likeness (QED) is 0.837. The van der Waals surface area contributed by atoms with Crippen LogP contribution in [0.4, 0.5) is 0 Å². The van der Waals surface area contributed by atoms with E-state index in [-0.39, 0.29) is 23.3 Å². The Bertz CT molecular complexity index is 756. The van der Waals surface area contributed by atoms with Crippen LogP contribution < -0.4 is 5.32 Å². The molecule has 0 aliphatic carbocycles. The van der Waals surface area contributed by atoms with E-state index in [1.807, 2.05) is 19.9 Å². The van der Waals surface area contributed by atoms with Crippen LogP contribution in [0.25, 0.3) is 0 Å². The van der Waals surface area contributed by atoms with Crippen molar-refractivity contribution in [2.45, 2.75) is 30.4 Å². The second-order valence-electron chi connectivity index (χ2n) is 6.16. The van der Waals surface area contributed by atoms with E-state index in [0.29, 0.717) is 12.0 Å². The van der Waals surface area contributed by atoms with Crippen molar-refractivity contribution >= 4 is 15.7 Å². The van der Waals surface area contributed by atoms with Crippen LogP contribution in [-0.2, 0) is 14.6 Å². The van der Waals surface area contributed by atoms with Gasteiger partial charge >= 0.3 is 0 Å². The lowest BCUT2D eigenvalue weighted by atomic mass is 10.1. The Hall–Kier alpha value is -2.14. The van der Waals surface area contributed by atoms with Crippen molar-refractivity contribution < 1.29 is 13.2 Å². The zero-order chi connectivity index (χ0) is 17.6. The van der Waals surface area contributed by atoms with Crippen molar-refractivity contribution in [1.82, 2.24) is 5.32 Å². The van der Waals surface area contributed by atoms with Gasteiger partial charge in [-0.3, -0.25) is 4.79 Å². The molecule has 1 amide bonds. The van der Waals surface area contributed by atoms with Crippen molar-refractivity contribution in [3.05, 3.63) is 66.2 Å². The molecule has 1 atom stereocenters. The third-order valence-corrected chi connectivity index (χ3v) is 5.81. The van der Waals surface area contributed by atoms with Gasteiger partial charge in [0.05, 0.1) is 4.90 Å². The van der Waals surface area contributed by atoms with Crippen molar-refractivity contribution in [2.24, 2.45) is 5.92 Å². The maximum Gasteiger partial charge on any atom is 0.220 e. The summed E-state index contributed by atoms with van der Waals surface area (Å²) in [4.78, 5) is 12.2. The zero-order valence-electron chi connectivity index (χ0n) is 14.0. The third-order valence-electron chi connectivity index (χ3n) is 3.70. The SMILES string of the molecule is CC(C)CC(=O)NC[C@@H](c1ccccc1)S(=O)(=O)c1ccccc1. The largest absolute Gasteiger partial charge is 0.354 e. The molecule has 0 aliphatic heterocycles. The molecule has 4 nitrogen and oxygen atoms in total. The molecule has 0 aliphatic rings. The van der Waals surface area contributed by atoms with Gasteiger partial charge in [-0.05, 0) is 23.6 Å². The first-order chi connectivity index (χ1) is 11.4. The minimum atomic E-state index is -3.59. The van der Waals surface area contributed by atoms with Gasteiger partial charge in [0.25, 0.3) is 0 Å². The number of sulfone groups is 1. The van der Waals surface area contributed by atoms with Crippen molar-refractivity contribution in [3.8, 4) is 0 Å². The van der Waals surface area contributed by atoms with Gasteiger partial charge in [0, 0.05) is 13.0 Å². The summed E-state index contributed by atoms with van der Waals surface area (Å²) in [6, 6.07) is 17.4. The molecule has 0 aromatic heterocycles. The molecule has 0 saturated heterocycles. The van der Waals surface area contributed by atoms with E-state index in [1.165, 1.54) is 0 Å². The number of benzene rings is 2. The molecule has 0 radical (unpaired) electrons. The molecule has 0 spiro atoms. The highest BCUT2D eigenvalue weighted by Gasteiger charge is 2.29. The molecule has 24 heavy (non-hydrogen) atoms. The highest BCUT2D eigenvalue weighted by molar-refractivity contribution is 7.91. The Morgan fingerprint density at radius 3 is 2.04 bits per heavy atom. The number of amides is 1. The maximum atomic E-state index is 13.0. The molecule has 0 heterocycles. The first-order valence-corrected chi connectivity index (χ1v) is 9.56. The van der Waals surface area contributed by atoms with E-state index in [2.05, 4.69) is 5.32 Å². The molecule has 0 saturated carbocycles. The lowest BCUT2D eigenvalue weighted by molar-refractivity contribution is -0.121. The van der Waals surface area contributed by atoms with E-state index in [4.69, 9.17) is 0 Å². The third kappa shape index (κ3) is 4.68. The monoisotopic (exact) mass is 345 g/mol. The normalized spacial score (nSPS) is 12.8. The molecule has 2 rings (SSSR count). The van der Waals surface area contributed by atoms with Gasteiger partial charge < -0.3 is 5.32 Å². The van der Waals surface area contributed by atoms with Crippen LogP contribution in [0.1, 0.15) is 31.1 Å². The lowest BCUT2D eigenvalue weighted by Crippen LogP contribution is -2.32. The summed E-state index contributed by atoms with van der Waals surface area (Å²) in [7, 11) is -3.59. The molecule has 2 aromatic rings. The van der Waals surface area contributed by atoms with E-state index < -0.39 is 15.1 Å². The fourth-order valence-corrected chi connectivity index (χ4v) is 4.18. The number of hydrogen-bond donors (Lipinski definition) is 1. The molecule has 128 valence electrons. The van der Waals surface area contributed by atoms with Crippen molar-refractivity contribution in [2.75, 3.05) is 6.54 Å². The van der Waals surface area contributed by atoms with Crippen LogP contribution in [-0.4, -0.2) is 20.9 Å². The lowest BCUT2D eigenvalue weighted by Gasteiger charge is -2.19. The molecule has 0 fully saturated rings. The Morgan fingerprint density at radius 1 is 0.958 bits per heavy atom. The van der Waals surface area contributed by atoms with E-state index in [1.54, 1.807) is 54.6 Å². The number of rotatable bonds is 7. The summed E-state index contributed by atoms with van der Waals surface area (Å²) in [6.45, 7) is 3.97. The molecule has 2 aromatic carbocycles. The van der Waals surface area contributed by atoms with E-state index >= 15 is 0 Å². The maximum absolute atomic E-state index is 13.0. The molecular weight excluding hydrogens is 322 g/mol. The van der Waals surface area contributed by atoms with Gasteiger partial charge in [0.2, 0.25) is 5.91 Å². The highest BCUT2D eigenvalue weighted by atomic mass is 32.2. The van der Waals surface area contributed by atoms with Crippen LogP contribution >= 0.6 is 0 Å². The summed E-state index contributed by atoms with van der Waals surface area (Å²) in [5.74, 6) is 0.0973. The van der Waals surface area contributed by atoms with Gasteiger partial charge in [-0.1, -0.05) is 62.4 Å². The van der Waals surface area contributed by atoms with Crippen LogP contribution in [0.3, 0.4) is 0 Å². The van der Waals surface area contributed by atoms with Crippen LogP contribution in [0.2, 0.25) is 0 Å². The van der Waals surface area contributed by atoms with Crippen LogP contribution in [0, 0.1) is 5.92 Å². The summed E-state index contributed by atoms with van der Waals surface area (Å²) in [5, 5.41) is 1.96. The van der Waals surface area contributed by atoms with Crippen LogP contribution in [0.15, 0.2) is 65.6 Å². The smallest absolute Gasteiger partial charge is 0.220 e.